The quantitative estimate of drug-likeness (QED) is 0.649. The number of carbonyl (C=O) groups excluding carboxylic acids is 1. The maximum Gasteiger partial charge on any atom is 0.140 e. The summed E-state index contributed by atoms with van der Waals surface area (Å²) in [5.74, 6) is 0.893. The van der Waals surface area contributed by atoms with Crippen LogP contribution in [0.5, 0.6) is 0 Å². The fraction of sp³-hybridized carbons (Fsp3) is 0.889. The van der Waals surface area contributed by atoms with Crippen molar-refractivity contribution in [3.8, 4) is 0 Å². The molecular formula is C9H17NO. The fourth-order valence-corrected chi connectivity index (χ4v) is 1.73. The van der Waals surface area contributed by atoms with Gasteiger partial charge in [-0.05, 0) is 12.5 Å². The molecule has 1 aliphatic heterocycles. The van der Waals surface area contributed by atoms with Crippen molar-refractivity contribution in [2.45, 2.75) is 27.2 Å². The first-order valence-electron chi connectivity index (χ1n) is 4.35. The van der Waals surface area contributed by atoms with Crippen LogP contribution in [0.25, 0.3) is 0 Å². The zero-order valence-electron chi connectivity index (χ0n) is 7.61. The molecule has 1 N–H and O–H groups in total. The van der Waals surface area contributed by atoms with E-state index in [0.717, 1.165) is 13.1 Å². The molecule has 0 amide bonds. The molecule has 0 aromatic rings. The zero-order valence-corrected chi connectivity index (χ0v) is 7.61. The second kappa shape index (κ2) is 2.94. The van der Waals surface area contributed by atoms with Crippen LogP contribution in [0.4, 0.5) is 0 Å². The number of nitrogens with one attached hydrogen (secondary N) is 1. The van der Waals surface area contributed by atoms with Gasteiger partial charge in [-0.1, -0.05) is 20.8 Å². The van der Waals surface area contributed by atoms with E-state index in [-0.39, 0.29) is 5.41 Å². The number of Topliss-reactive ketones (excluding diaryl/α,β-unsaturated/α-hetero) is 1. The van der Waals surface area contributed by atoms with Crippen LogP contribution in [-0.4, -0.2) is 18.9 Å². The second-order valence-electron chi connectivity index (χ2n) is 3.73. The first-order chi connectivity index (χ1) is 5.11. The molecule has 0 spiro atoms. The molecule has 1 fully saturated rings. The van der Waals surface area contributed by atoms with E-state index in [1.807, 2.05) is 6.92 Å². The van der Waals surface area contributed by atoms with Gasteiger partial charge in [0.2, 0.25) is 0 Å². The van der Waals surface area contributed by atoms with Gasteiger partial charge in [-0.15, -0.1) is 0 Å². The number of hydrogen-bond donors (Lipinski definition) is 1. The molecule has 0 aromatic heterocycles. The third kappa shape index (κ3) is 1.32. The van der Waals surface area contributed by atoms with Crippen LogP contribution in [0.2, 0.25) is 0 Å². The molecule has 1 aliphatic rings. The van der Waals surface area contributed by atoms with Crippen LogP contribution in [0.3, 0.4) is 0 Å². The van der Waals surface area contributed by atoms with E-state index in [0.29, 0.717) is 18.1 Å². The summed E-state index contributed by atoms with van der Waals surface area (Å²) < 4.78 is 0. The summed E-state index contributed by atoms with van der Waals surface area (Å²) in [7, 11) is 0. The van der Waals surface area contributed by atoms with Gasteiger partial charge in [0.1, 0.15) is 5.78 Å². The molecule has 0 aromatic carbocycles. The van der Waals surface area contributed by atoms with Gasteiger partial charge in [-0.3, -0.25) is 4.79 Å². The molecule has 2 nitrogen and oxygen atoms in total. The third-order valence-corrected chi connectivity index (χ3v) is 2.99. The van der Waals surface area contributed by atoms with E-state index in [4.69, 9.17) is 0 Å². The Hall–Kier alpha value is -0.370. The lowest BCUT2D eigenvalue weighted by Crippen LogP contribution is -2.34. The maximum atomic E-state index is 11.5. The molecule has 0 radical (unpaired) electrons. The minimum absolute atomic E-state index is 0.0885. The minimum atomic E-state index is -0.0885. The second-order valence-corrected chi connectivity index (χ2v) is 3.73. The monoisotopic (exact) mass is 155 g/mol. The minimum Gasteiger partial charge on any atom is -0.315 e. The summed E-state index contributed by atoms with van der Waals surface area (Å²) in [5.41, 5.74) is -0.0885. The van der Waals surface area contributed by atoms with Crippen molar-refractivity contribution in [2.24, 2.45) is 11.3 Å². The van der Waals surface area contributed by atoms with Crippen molar-refractivity contribution in [1.29, 1.82) is 0 Å². The van der Waals surface area contributed by atoms with Crippen molar-refractivity contribution in [3.63, 3.8) is 0 Å². The largest absolute Gasteiger partial charge is 0.315 e. The van der Waals surface area contributed by atoms with E-state index in [9.17, 15) is 4.79 Å². The molecule has 1 rings (SSSR count). The van der Waals surface area contributed by atoms with Crippen LogP contribution in [0.15, 0.2) is 0 Å². The van der Waals surface area contributed by atoms with Gasteiger partial charge < -0.3 is 5.32 Å². The van der Waals surface area contributed by atoms with Gasteiger partial charge in [-0.25, -0.2) is 0 Å². The molecule has 2 atom stereocenters. The van der Waals surface area contributed by atoms with Gasteiger partial charge in [0.05, 0.1) is 0 Å². The number of rotatable bonds is 2. The molecule has 0 bridgehead atoms. The molecular weight excluding hydrogens is 138 g/mol. The van der Waals surface area contributed by atoms with Gasteiger partial charge in [0.25, 0.3) is 0 Å². The smallest absolute Gasteiger partial charge is 0.140 e. The van der Waals surface area contributed by atoms with Crippen LogP contribution >= 0.6 is 0 Å². The highest BCUT2D eigenvalue weighted by Crippen LogP contribution is 2.32. The van der Waals surface area contributed by atoms with E-state index >= 15 is 0 Å². The molecule has 11 heavy (non-hydrogen) atoms. The zero-order chi connectivity index (χ0) is 8.48. The Bertz CT molecular complexity index is 167. The maximum absolute atomic E-state index is 11.5. The summed E-state index contributed by atoms with van der Waals surface area (Å²) in [6, 6.07) is 0. The molecule has 64 valence electrons. The molecule has 2 unspecified atom stereocenters. The third-order valence-electron chi connectivity index (χ3n) is 2.99. The summed E-state index contributed by atoms with van der Waals surface area (Å²) >= 11 is 0. The highest BCUT2D eigenvalue weighted by Gasteiger charge is 2.40. The van der Waals surface area contributed by atoms with Crippen molar-refractivity contribution in [2.75, 3.05) is 13.1 Å². The number of ketones is 1. The highest BCUT2D eigenvalue weighted by atomic mass is 16.1. The Kier molecular flexibility index (Phi) is 2.33. The van der Waals surface area contributed by atoms with E-state index in [2.05, 4.69) is 19.2 Å². The summed E-state index contributed by atoms with van der Waals surface area (Å²) in [5, 5.41) is 3.26. The predicted octanol–water partition coefficient (Wildman–Crippen LogP) is 1.21. The van der Waals surface area contributed by atoms with E-state index in [1.54, 1.807) is 0 Å². The summed E-state index contributed by atoms with van der Waals surface area (Å²) in [6.07, 6.45) is 0.669. The van der Waals surface area contributed by atoms with Crippen LogP contribution in [-0.2, 0) is 4.79 Å². The Balaban J connectivity index is 2.72. The molecule has 0 aliphatic carbocycles. The number of carbonyl (C=O) groups is 1. The summed E-state index contributed by atoms with van der Waals surface area (Å²) in [6.45, 7) is 8.01. The lowest BCUT2D eigenvalue weighted by molar-refractivity contribution is -0.128. The Morgan fingerprint density at radius 3 is 2.73 bits per heavy atom. The van der Waals surface area contributed by atoms with Gasteiger partial charge >= 0.3 is 0 Å². The standard InChI is InChI=1S/C9H17NO/c1-4-8(11)9(3)6-10-5-7(9)2/h7,10H,4-6H2,1-3H3. The Morgan fingerprint density at radius 2 is 2.36 bits per heavy atom. The fourth-order valence-electron chi connectivity index (χ4n) is 1.73. The van der Waals surface area contributed by atoms with Crippen LogP contribution < -0.4 is 5.32 Å². The van der Waals surface area contributed by atoms with E-state index in [1.165, 1.54) is 0 Å². The van der Waals surface area contributed by atoms with Gasteiger partial charge in [-0.2, -0.15) is 0 Å². The summed E-state index contributed by atoms with van der Waals surface area (Å²) in [4.78, 5) is 11.5. The topological polar surface area (TPSA) is 29.1 Å². The molecule has 2 heteroatoms. The first kappa shape index (κ1) is 8.72. The van der Waals surface area contributed by atoms with Gasteiger partial charge in [0, 0.05) is 18.4 Å². The van der Waals surface area contributed by atoms with Crippen LogP contribution in [0.1, 0.15) is 27.2 Å². The highest BCUT2D eigenvalue weighted by molar-refractivity contribution is 5.85. The van der Waals surface area contributed by atoms with Crippen molar-refractivity contribution >= 4 is 5.78 Å². The van der Waals surface area contributed by atoms with E-state index < -0.39 is 0 Å². The molecule has 1 saturated heterocycles. The Morgan fingerprint density at radius 1 is 1.73 bits per heavy atom. The average molecular weight is 155 g/mol. The predicted molar refractivity (Wildman–Crippen MR) is 45.4 cm³/mol. The van der Waals surface area contributed by atoms with Crippen LogP contribution in [0, 0.1) is 11.3 Å². The normalized spacial score (nSPS) is 37.5. The number of hydrogen-bond acceptors (Lipinski definition) is 2. The molecule has 0 saturated carbocycles. The lowest BCUT2D eigenvalue weighted by atomic mass is 9.76. The molecule has 1 heterocycles. The lowest BCUT2D eigenvalue weighted by Gasteiger charge is -2.25. The average Bonchev–Trinajstić information content (AvgIpc) is 2.32. The van der Waals surface area contributed by atoms with Crippen molar-refractivity contribution in [1.82, 2.24) is 5.32 Å². The van der Waals surface area contributed by atoms with Crippen molar-refractivity contribution < 1.29 is 4.79 Å². The Labute approximate surface area is 68.4 Å². The first-order valence-corrected chi connectivity index (χ1v) is 4.35. The SMILES string of the molecule is CCC(=O)C1(C)CNCC1C. The van der Waals surface area contributed by atoms with Crippen molar-refractivity contribution in [3.05, 3.63) is 0 Å². The van der Waals surface area contributed by atoms with Gasteiger partial charge in [0.15, 0.2) is 0 Å².